The molecular weight excluding hydrogens is 585 g/mol. The summed E-state index contributed by atoms with van der Waals surface area (Å²) in [6, 6.07) is 47.2. The second-order valence-corrected chi connectivity index (χ2v) is 12.3. The van der Waals surface area contributed by atoms with Gasteiger partial charge in [-0.15, -0.1) is 0 Å². The summed E-state index contributed by atoms with van der Waals surface area (Å²) in [5.74, 6) is -1.88. The molecule has 0 aromatic heterocycles. The highest BCUT2D eigenvalue weighted by Gasteiger charge is 2.12. The van der Waals surface area contributed by atoms with E-state index in [1.165, 1.54) is 0 Å². The normalized spacial score (nSPS) is 10.8. The van der Waals surface area contributed by atoms with Crippen molar-refractivity contribution in [2.24, 2.45) is 0 Å². The van der Waals surface area contributed by atoms with E-state index in [0.717, 1.165) is 53.0 Å². The number of carboxylic acid groups (broad SMARTS) is 2. The zero-order valence-electron chi connectivity index (χ0n) is 23.4. The Balaban J connectivity index is 1.31. The van der Waals surface area contributed by atoms with Gasteiger partial charge in [-0.25, -0.2) is 9.59 Å². The van der Waals surface area contributed by atoms with Gasteiger partial charge in [0.25, 0.3) is 0 Å². The standard InChI is InChI=1S/C38H26O4S2/c39-37(40)29-13-7-15-31(23-29)43-35-19-3-1-17-33(35)27-11-5-9-25(21-27)26-10-6-12-28(22-26)34-18-2-4-20-36(34)44-32-16-8-14-30(24-32)38(41)42/h1-24H,(H,39,40)(H,41,42). The van der Waals surface area contributed by atoms with Gasteiger partial charge in [0.2, 0.25) is 0 Å². The molecule has 0 saturated carbocycles. The molecule has 0 aliphatic rings. The molecule has 4 nitrogen and oxygen atoms in total. The molecule has 2 N–H and O–H groups in total. The molecule has 0 spiro atoms. The molecule has 0 aliphatic heterocycles. The first-order valence-corrected chi connectivity index (χ1v) is 15.5. The second kappa shape index (κ2) is 13.1. The highest BCUT2D eigenvalue weighted by molar-refractivity contribution is 7.99. The van der Waals surface area contributed by atoms with Gasteiger partial charge in [-0.2, -0.15) is 0 Å². The van der Waals surface area contributed by atoms with Gasteiger partial charge in [0.15, 0.2) is 0 Å². The monoisotopic (exact) mass is 610 g/mol. The molecule has 0 saturated heterocycles. The summed E-state index contributed by atoms with van der Waals surface area (Å²) in [5.41, 5.74) is 6.97. The van der Waals surface area contributed by atoms with Gasteiger partial charge in [-0.05, 0) is 94.0 Å². The van der Waals surface area contributed by atoms with Gasteiger partial charge < -0.3 is 10.2 Å². The fourth-order valence-corrected chi connectivity index (χ4v) is 7.02. The molecule has 0 amide bonds. The maximum atomic E-state index is 11.5. The van der Waals surface area contributed by atoms with Crippen LogP contribution in [0.5, 0.6) is 0 Å². The molecular formula is C38H26O4S2. The van der Waals surface area contributed by atoms with E-state index in [-0.39, 0.29) is 11.1 Å². The van der Waals surface area contributed by atoms with Crippen molar-refractivity contribution in [2.45, 2.75) is 19.6 Å². The number of carbonyl (C=O) groups is 2. The molecule has 0 unspecified atom stereocenters. The summed E-state index contributed by atoms with van der Waals surface area (Å²) in [6.45, 7) is 0. The Morgan fingerprint density at radius 1 is 0.409 bits per heavy atom. The Morgan fingerprint density at radius 3 is 1.23 bits per heavy atom. The number of benzene rings is 6. The van der Waals surface area contributed by atoms with Crippen LogP contribution >= 0.6 is 23.5 Å². The van der Waals surface area contributed by atoms with E-state index in [1.54, 1.807) is 59.9 Å². The van der Waals surface area contributed by atoms with Crippen LogP contribution in [0.15, 0.2) is 165 Å². The molecule has 0 radical (unpaired) electrons. The predicted molar refractivity (Wildman–Crippen MR) is 178 cm³/mol. The summed E-state index contributed by atoms with van der Waals surface area (Å²) in [4.78, 5) is 26.8. The second-order valence-electron chi connectivity index (χ2n) is 10.0. The lowest BCUT2D eigenvalue weighted by molar-refractivity contribution is 0.0685. The van der Waals surface area contributed by atoms with Crippen molar-refractivity contribution in [3.63, 3.8) is 0 Å². The maximum Gasteiger partial charge on any atom is 0.335 e. The maximum absolute atomic E-state index is 11.5. The number of hydrogen-bond acceptors (Lipinski definition) is 4. The van der Waals surface area contributed by atoms with Crippen LogP contribution in [-0.4, -0.2) is 22.2 Å². The molecule has 6 aromatic carbocycles. The van der Waals surface area contributed by atoms with Crippen molar-refractivity contribution in [1.29, 1.82) is 0 Å². The summed E-state index contributed by atoms with van der Waals surface area (Å²) in [7, 11) is 0. The number of rotatable bonds is 9. The molecule has 214 valence electrons. The van der Waals surface area contributed by atoms with Crippen molar-refractivity contribution in [3.05, 3.63) is 157 Å². The van der Waals surface area contributed by atoms with Gasteiger partial charge in [0, 0.05) is 19.6 Å². The van der Waals surface area contributed by atoms with Gasteiger partial charge in [-0.3, -0.25) is 0 Å². The number of aromatic carboxylic acids is 2. The topological polar surface area (TPSA) is 74.6 Å². The molecule has 6 heteroatoms. The van der Waals surface area contributed by atoms with Crippen molar-refractivity contribution >= 4 is 35.5 Å². The average molecular weight is 611 g/mol. The fraction of sp³-hybridized carbons (Fsp3) is 0. The first kappa shape index (κ1) is 29.1. The van der Waals surface area contributed by atoms with Gasteiger partial charge in [0.1, 0.15) is 0 Å². The smallest absolute Gasteiger partial charge is 0.335 e. The average Bonchev–Trinajstić information content (AvgIpc) is 3.06. The van der Waals surface area contributed by atoms with E-state index in [0.29, 0.717) is 0 Å². The molecule has 0 fully saturated rings. The lowest BCUT2D eigenvalue weighted by Crippen LogP contribution is -1.95. The van der Waals surface area contributed by atoms with Crippen molar-refractivity contribution in [1.82, 2.24) is 0 Å². The summed E-state index contributed by atoms with van der Waals surface area (Å²) < 4.78 is 0. The van der Waals surface area contributed by atoms with Gasteiger partial charge >= 0.3 is 11.9 Å². The molecule has 0 atom stereocenters. The Bertz CT molecular complexity index is 1860. The lowest BCUT2D eigenvalue weighted by atomic mass is 9.96. The SMILES string of the molecule is O=C(O)c1cccc(Sc2ccccc2-c2cccc(-c3cccc(-c4ccccc4Sc4cccc(C(=O)O)c4)c3)c2)c1. The first-order chi connectivity index (χ1) is 21.4. The van der Waals surface area contributed by atoms with Crippen LogP contribution in [0.3, 0.4) is 0 Å². The molecule has 0 heterocycles. The predicted octanol–water partition coefficient (Wildman–Crippen LogP) is 10.4. The minimum Gasteiger partial charge on any atom is -0.478 e. The van der Waals surface area contributed by atoms with E-state index in [4.69, 9.17) is 0 Å². The number of hydrogen-bond donors (Lipinski definition) is 2. The third kappa shape index (κ3) is 6.62. The minimum absolute atomic E-state index is 0.267. The van der Waals surface area contributed by atoms with Crippen molar-refractivity contribution < 1.29 is 19.8 Å². The molecule has 44 heavy (non-hydrogen) atoms. The summed E-state index contributed by atoms with van der Waals surface area (Å²) >= 11 is 3.10. The van der Waals surface area contributed by atoms with Gasteiger partial charge in [0.05, 0.1) is 11.1 Å². The van der Waals surface area contributed by atoms with Crippen LogP contribution in [0.4, 0.5) is 0 Å². The largest absolute Gasteiger partial charge is 0.478 e. The van der Waals surface area contributed by atoms with E-state index >= 15 is 0 Å². The lowest BCUT2D eigenvalue weighted by Gasteiger charge is -2.13. The van der Waals surface area contributed by atoms with E-state index in [1.807, 2.05) is 36.4 Å². The van der Waals surface area contributed by atoms with Crippen LogP contribution in [0.25, 0.3) is 33.4 Å². The van der Waals surface area contributed by atoms with Crippen LogP contribution < -0.4 is 0 Å². The van der Waals surface area contributed by atoms with Crippen molar-refractivity contribution in [3.8, 4) is 33.4 Å². The van der Waals surface area contributed by atoms with E-state index in [9.17, 15) is 19.8 Å². The highest BCUT2D eigenvalue weighted by atomic mass is 32.2. The van der Waals surface area contributed by atoms with Crippen LogP contribution in [0.2, 0.25) is 0 Å². The Morgan fingerprint density at radius 2 is 0.795 bits per heavy atom. The third-order valence-electron chi connectivity index (χ3n) is 7.07. The van der Waals surface area contributed by atoms with Crippen LogP contribution in [-0.2, 0) is 0 Å². The van der Waals surface area contributed by atoms with E-state index in [2.05, 4.69) is 72.8 Å². The fourth-order valence-electron chi connectivity index (χ4n) is 4.96. The minimum atomic E-state index is -0.940. The van der Waals surface area contributed by atoms with Crippen molar-refractivity contribution in [2.75, 3.05) is 0 Å². The Labute approximate surface area is 264 Å². The van der Waals surface area contributed by atoms with Crippen LogP contribution in [0.1, 0.15) is 20.7 Å². The zero-order chi connectivity index (χ0) is 30.5. The molecule has 0 bridgehead atoms. The zero-order valence-corrected chi connectivity index (χ0v) is 25.0. The summed E-state index contributed by atoms with van der Waals surface area (Å²) in [5, 5.41) is 18.8. The quantitative estimate of drug-likeness (QED) is 0.170. The summed E-state index contributed by atoms with van der Waals surface area (Å²) in [6.07, 6.45) is 0. The number of carboxylic acids is 2. The van der Waals surface area contributed by atoms with E-state index < -0.39 is 11.9 Å². The third-order valence-corrected chi connectivity index (χ3v) is 9.20. The Kier molecular flexibility index (Phi) is 8.64. The Hall–Kier alpha value is -5.04. The van der Waals surface area contributed by atoms with Gasteiger partial charge in [-0.1, -0.05) is 108 Å². The molecule has 6 aromatic rings. The highest BCUT2D eigenvalue weighted by Crippen LogP contribution is 2.40. The first-order valence-electron chi connectivity index (χ1n) is 13.9. The van der Waals surface area contributed by atoms with Crippen LogP contribution in [0, 0.1) is 0 Å². The molecule has 0 aliphatic carbocycles. The molecule has 6 rings (SSSR count).